The number of Topliss-reactive ketones (excluding diaryl/α,β-unsaturated/α-hetero) is 1. The largest absolute Gasteiger partial charge is 0.360 e. The molecule has 0 amide bonds. The van der Waals surface area contributed by atoms with Gasteiger partial charge in [-0.2, -0.15) is 0 Å². The predicted molar refractivity (Wildman–Crippen MR) is 132 cm³/mol. The lowest BCUT2D eigenvalue weighted by Gasteiger charge is -2.23. The lowest BCUT2D eigenvalue weighted by atomic mass is 9.80. The van der Waals surface area contributed by atoms with Crippen molar-refractivity contribution in [2.45, 2.75) is 32.1 Å². The number of anilines is 1. The highest BCUT2D eigenvalue weighted by atomic mass is 16.1. The minimum Gasteiger partial charge on any atom is -0.360 e. The molecule has 158 valence electrons. The second kappa shape index (κ2) is 8.80. The molecule has 3 nitrogen and oxygen atoms in total. The number of carbonyl (C=O) groups excluding carboxylic acids is 1. The third-order valence-electron chi connectivity index (χ3n) is 6.40. The molecule has 3 aromatic carbocycles. The summed E-state index contributed by atoms with van der Waals surface area (Å²) >= 11 is 0. The van der Waals surface area contributed by atoms with E-state index in [4.69, 9.17) is 0 Å². The lowest BCUT2D eigenvalue weighted by molar-refractivity contribution is -0.118. The molecule has 1 atom stereocenters. The van der Waals surface area contributed by atoms with Gasteiger partial charge in [-0.25, -0.2) is 0 Å². The van der Waals surface area contributed by atoms with Crippen LogP contribution in [-0.4, -0.2) is 12.0 Å². The van der Waals surface area contributed by atoms with Gasteiger partial charge in [-0.1, -0.05) is 66.7 Å². The Bertz CT molecular complexity index is 1460. The first-order valence-corrected chi connectivity index (χ1v) is 11.2. The van der Waals surface area contributed by atoms with Crippen molar-refractivity contribution < 1.29 is 4.79 Å². The zero-order chi connectivity index (χ0) is 21.9. The molecule has 0 saturated heterocycles. The fourth-order valence-corrected chi connectivity index (χ4v) is 4.87. The predicted octanol–water partition coefficient (Wildman–Crippen LogP) is 4.56. The van der Waals surface area contributed by atoms with Gasteiger partial charge in [-0.3, -0.25) is 9.79 Å². The maximum atomic E-state index is 12.1. The Hall–Kier alpha value is -3.72. The molecule has 1 heterocycles. The molecular weight excluding hydrogens is 392 g/mol. The summed E-state index contributed by atoms with van der Waals surface area (Å²) < 4.78 is 0. The van der Waals surface area contributed by atoms with Crippen molar-refractivity contribution in [2.24, 2.45) is 4.99 Å². The van der Waals surface area contributed by atoms with Gasteiger partial charge in [0.2, 0.25) is 0 Å². The number of ketones is 1. The minimum absolute atomic E-state index is 0.0820. The van der Waals surface area contributed by atoms with Crippen molar-refractivity contribution in [2.75, 3.05) is 5.32 Å². The van der Waals surface area contributed by atoms with Crippen LogP contribution in [0.25, 0.3) is 12.2 Å². The zero-order valence-corrected chi connectivity index (χ0v) is 18.2. The van der Waals surface area contributed by atoms with Crippen LogP contribution in [0.15, 0.2) is 78.1 Å². The Morgan fingerprint density at radius 3 is 2.69 bits per heavy atom. The Balaban J connectivity index is 0.000000165. The molecule has 3 aromatic rings. The van der Waals surface area contributed by atoms with Gasteiger partial charge in [-0.05, 0) is 64.3 Å². The molecule has 0 aromatic heterocycles. The normalized spacial score (nSPS) is 16.8. The van der Waals surface area contributed by atoms with Crippen LogP contribution in [0.4, 0.5) is 5.69 Å². The second-order valence-electron chi connectivity index (χ2n) is 8.36. The van der Waals surface area contributed by atoms with E-state index in [0.29, 0.717) is 5.78 Å². The SMILES string of the molecule is C1=CNc2ccccc2C=N1.CC(=O)C1CCC=c2ccc3c(c21)CC=c1ccccc1=3. The first-order chi connectivity index (χ1) is 15.7. The summed E-state index contributed by atoms with van der Waals surface area (Å²) in [6, 6.07) is 21.0. The van der Waals surface area contributed by atoms with Crippen LogP contribution in [0.3, 0.4) is 0 Å². The molecule has 3 heteroatoms. The first-order valence-electron chi connectivity index (χ1n) is 11.2. The molecule has 1 aliphatic heterocycles. The highest BCUT2D eigenvalue weighted by molar-refractivity contribution is 5.89. The van der Waals surface area contributed by atoms with E-state index in [-0.39, 0.29) is 5.92 Å². The summed E-state index contributed by atoms with van der Waals surface area (Å²) in [7, 11) is 0. The van der Waals surface area contributed by atoms with Gasteiger partial charge in [0, 0.05) is 35.8 Å². The topological polar surface area (TPSA) is 41.5 Å². The van der Waals surface area contributed by atoms with Gasteiger partial charge < -0.3 is 5.32 Å². The lowest BCUT2D eigenvalue weighted by Crippen LogP contribution is -2.26. The number of para-hydroxylation sites is 1. The van der Waals surface area contributed by atoms with Crippen molar-refractivity contribution in [3.05, 3.63) is 111 Å². The molecular formula is C29H26N2O. The number of hydrogen-bond donors (Lipinski definition) is 1. The third-order valence-corrected chi connectivity index (χ3v) is 6.40. The van der Waals surface area contributed by atoms with Gasteiger partial charge in [0.15, 0.2) is 0 Å². The average molecular weight is 419 g/mol. The van der Waals surface area contributed by atoms with Crippen molar-refractivity contribution in [3.63, 3.8) is 0 Å². The number of rotatable bonds is 1. The number of carbonyl (C=O) groups is 1. The first kappa shape index (κ1) is 20.2. The number of nitrogens with zero attached hydrogens (tertiary/aromatic N) is 1. The van der Waals surface area contributed by atoms with Crippen molar-refractivity contribution in [1.82, 2.24) is 0 Å². The van der Waals surface area contributed by atoms with Crippen LogP contribution in [0.5, 0.6) is 0 Å². The number of fused-ring (bicyclic) bond motifs is 5. The molecule has 0 fully saturated rings. The summed E-state index contributed by atoms with van der Waals surface area (Å²) in [5.74, 6) is 0.384. The number of hydrogen-bond acceptors (Lipinski definition) is 3. The van der Waals surface area contributed by atoms with E-state index in [9.17, 15) is 4.79 Å². The fourth-order valence-electron chi connectivity index (χ4n) is 4.87. The molecule has 0 saturated carbocycles. The monoisotopic (exact) mass is 418 g/mol. The smallest absolute Gasteiger partial charge is 0.137 e. The molecule has 1 unspecified atom stereocenters. The van der Waals surface area contributed by atoms with Crippen molar-refractivity contribution in [3.8, 4) is 0 Å². The molecule has 32 heavy (non-hydrogen) atoms. The summed E-state index contributed by atoms with van der Waals surface area (Å²) in [5.41, 5.74) is 4.88. The van der Waals surface area contributed by atoms with E-state index in [1.165, 1.54) is 32.0 Å². The Morgan fingerprint density at radius 2 is 1.78 bits per heavy atom. The van der Waals surface area contributed by atoms with E-state index in [0.717, 1.165) is 30.5 Å². The third kappa shape index (κ3) is 3.82. The number of benzene rings is 3. The minimum atomic E-state index is 0.0820. The molecule has 2 aliphatic carbocycles. The quantitative estimate of drug-likeness (QED) is 0.630. The maximum Gasteiger partial charge on any atom is 0.137 e. The summed E-state index contributed by atoms with van der Waals surface area (Å²) in [6.45, 7) is 1.74. The van der Waals surface area contributed by atoms with E-state index in [2.05, 4.69) is 58.9 Å². The van der Waals surface area contributed by atoms with Crippen LogP contribution in [0, 0.1) is 10.4 Å². The van der Waals surface area contributed by atoms with E-state index < -0.39 is 0 Å². The van der Waals surface area contributed by atoms with Crippen LogP contribution in [0.1, 0.15) is 42.4 Å². The number of nitrogens with one attached hydrogen (secondary N) is 1. The van der Waals surface area contributed by atoms with Crippen LogP contribution in [-0.2, 0) is 11.2 Å². The van der Waals surface area contributed by atoms with Gasteiger partial charge in [0.05, 0.1) is 0 Å². The molecule has 1 N–H and O–H groups in total. The summed E-state index contributed by atoms with van der Waals surface area (Å²) in [4.78, 5) is 16.1. The second-order valence-corrected chi connectivity index (χ2v) is 8.36. The average Bonchev–Trinajstić information content (AvgIpc) is 3.09. The molecule has 0 spiro atoms. The van der Waals surface area contributed by atoms with Crippen LogP contribution >= 0.6 is 0 Å². The van der Waals surface area contributed by atoms with Crippen LogP contribution < -0.4 is 15.8 Å². The summed E-state index contributed by atoms with van der Waals surface area (Å²) in [6.07, 6.45) is 12.9. The molecule has 0 radical (unpaired) electrons. The van der Waals surface area contributed by atoms with Gasteiger partial charge in [0.25, 0.3) is 0 Å². The molecule has 3 aliphatic rings. The van der Waals surface area contributed by atoms with E-state index in [1.807, 2.05) is 36.7 Å². The van der Waals surface area contributed by atoms with Gasteiger partial charge in [0.1, 0.15) is 5.78 Å². The highest BCUT2D eigenvalue weighted by Gasteiger charge is 2.24. The zero-order valence-electron chi connectivity index (χ0n) is 18.2. The standard InChI is InChI=1S/C20H18O.C9H8N2/c1-13(21)16-8-4-6-15-10-11-18-17-7-3-2-5-14(17)9-12-19(18)20(15)16;1-2-4-9-8(3-1)7-10-5-6-11-9/h2-3,5-7,9-11,16H,4,8,12H2,1H3;1-7,11H. The molecule has 0 bridgehead atoms. The Kier molecular flexibility index (Phi) is 5.55. The van der Waals surface area contributed by atoms with E-state index in [1.54, 1.807) is 13.1 Å². The number of aliphatic imine (C=N–C) groups is 1. The fraction of sp³-hybridized carbons (Fsp3) is 0.172. The van der Waals surface area contributed by atoms with E-state index >= 15 is 0 Å². The highest BCUT2D eigenvalue weighted by Crippen LogP contribution is 2.28. The summed E-state index contributed by atoms with van der Waals surface area (Å²) in [5, 5.41) is 8.31. The Labute approximate surface area is 187 Å². The molecule has 6 rings (SSSR count). The van der Waals surface area contributed by atoms with Crippen LogP contribution in [0.2, 0.25) is 0 Å². The van der Waals surface area contributed by atoms with Crippen molar-refractivity contribution >= 4 is 29.8 Å². The van der Waals surface area contributed by atoms with Gasteiger partial charge in [-0.15, -0.1) is 0 Å². The van der Waals surface area contributed by atoms with Gasteiger partial charge >= 0.3 is 0 Å². The Morgan fingerprint density at radius 1 is 0.938 bits per heavy atom. The maximum absolute atomic E-state index is 12.1. The van der Waals surface area contributed by atoms with Crippen molar-refractivity contribution in [1.29, 1.82) is 0 Å².